The average Bonchev–Trinajstić information content (AvgIpc) is 2.71. The fourth-order valence-electron chi connectivity index (χ4n) is 2.63. The van der Waals surface area contributed by atoms with Crippen molar-refractivity contribution in [1.82, 2.24) is 5.32 Å². The molecule has 0 aliphatic rings. The lowest BCUT2D eigenvalue weighted by Gasteiger charge is -2.09. The summed E-state index contributed by atoms with van der Waals surface area (Å²) in [7, 11) is 1.53. The molecule has 0 atom stereocenters. The van der Waals surface area contributed by atoms with E-state index in [-0.39, 0.29) is 12.0 Å². The minimum atomic E-state index is -1.15. The Labute approximate surface area is 159 Å². The molecular weight excluding hydrogens is 366 g/mol. The molecule has 0 aliphatic heterocycles. The van der Waals surface area contributed by atoms with E-state index in [9.17, 15) is 14.4 Å². The monoisotopic (exact) mass is 383 g/mol. The lowest BCUT2D eigenvalue weighted by Crippen LogP contribution is -2.33. The molecule has 8 nitrogen and oxygen atoms in total. The number of carbonyl (C=O) groups excluding carboxylic acids is 1. The molecule has 3 aromatic rings. The van der Waals surface area contributed by atoms with Gasteiger partial charge in [-0.15, -0.1) is 0 Å². The van der Waals surface area contributed by atoms with Crippen LogP contribution in [0.25, 0.3) is 22.1 Å². The number of carbonyl (C=O) groups is 2. The first-order valence-corrected chi connectivity index (χ1v) is 8.30. The second-order valence-corrected chi connectivity index (χ2v) is 5.80. The maximum Gasteiger partial charge on any atom is 0.322 e. The number of amides is 1. The Balaban J connectivity index is 1.84. The predicted octanol–water partition coefficient (Wildman–Crippen LogP) is 2.05. The molecule has 0 fully saturated rings. The van der Waals surface area contributed by atoms with Gasteiger partial charge in [0.1, 0.15) is 29.9 Å². The van der Waals surface area contributed by atoms with Gasteiger partial charge < -0.3 is 24.3 Å². The number of hydrogen-bond acceptors (Lipinski definition) is 6. The van der Waals surface area contributed by atoms with Gasteiger partial charge in [0.05, 0.1) is 18.1 Å². The van der Waals surface area contributed by atoms with Gasteiger partial charge in [0.2, 0.25) is 5.43 Å². The van der Waals surface area contributed by atoms with Crippen molar-refractivity contribution < 1.29 is 28.6 Å². The van der Waals surface area contributed by atoms with Crippen molar-refractivity contribution >= 4 is 22.8 Å². The standard InChI is InChI=1S/C20H17NO7/c1-26-16-5-3-2-4-13(16)15-10-28-17-8-12(6-7-14(17)20(15)25)27-11-18(22)21-9-19(23)24/h2-8,10H,9,11H2,1H3,(H,21,22)(H,23,24). The Kier molecular flexibility index (Phi) is 5.59. The summed E-state index contributed by atoms with van der Waals surface area (Å²) in [5.41, 5.74) is 1.06. The van der Waals surface area contributed by atoms with Crippen molar-refractivity contribution in [3.63, 3.8) is 0 Å². The van der Waals surface area contributed by atoms with Crippen LogP contribution in [0.15, 0.2) is 57.9 Å². The first kappa shape index (κ1) is 19.0. The molecule has 0 saturated heterocycles. The second kappa shape index (κ2) is 8.26. The van der Waals surface area contributed by atoms with Crippen LogP contribution in [0.4, 0.5) is 0 Å². The molecule has 0 radical (unpaired) electrons. The van der Waals surface area contributed by atoms with Gasteiger partial charge in [-0.25, -0.2) is 0 Å². The number of methoxy groups -OCH3 is 1. The van der Waals surface area contributed by atoms with Crippen LogP contribution >= 0.6 is 0 Å². The quantitative estimate of drug-likeness (QED) is 0.641. The third-order valence-electron chi connectivity index (χ3n) is 3.95. The number of carboxylic acid groups (broad SMARTS) is 1. The minimum Gasteiger partial charge on any atom is -0.496 e. The Bertz CT molecular complexity index is 1090. The van der Waals surface area contributed by atoms with Gasteiger partial charge in [0.25, 0.3) is 5.91 Å². The smallest absolute Gasteiger partial charge is 0.322 e. The van der Waals surface area contributed by atoms with E-state index < -0.39 is 18.4 Å². The summed E-state index contributed by atoms with van der Waals surface area (Å²) in [5.74, 6) is -0.852. The van der Waals surface area contributed by atoms with E-state index in [1.165, 1.54) is 25.5 Å². The zero-order chi connectivity index (χ0) is 20.1. The number of ether oxygens (including phenoxy) is 2. The third-order valence-corrected chi connectivity index (χ3v) is 3.95. The molecule has 0 saturated carbocycles. The van der Waals surface area contributed by atoms with Crippen molar-refractivity contribution in [3.8, 4) is 22.6 Å². The maximum absolute atomic E-state index is 12.8. The summed E-state index contributed by atoms with van der Waals surface area (Å²) >= 11 is 0. The van der Waals surface area contributed by atoms with Crippen LogP contribution in [0.2, 0.25) is 0 Å². The van der Waals surface area contributed by atoms with Gasteiger partial charge in [-0.1, -0.05) is 18.2 Å². The molecular formula is C20H17NO7. The fourth-order valence-corrected chi connectivity index (χ4v) is 2.63. The van der Waals surface area contributed by atoms with Crippen LogP contribution in [0, 0.1) is 0 Å². The first-order valence-electron chi connectivity index (χ1n) is 8.30. The van der Waals surface area contributed by atoms with Crippen LogP contribution in [-0.4, -0.2) is 37.2 Å². The van der Waals surface area contributed by atoms with Crippen molar-refractivity contribution in [3.05, 3.63) is 59.0 Å². The molecule has 144 valence electrons. The van der Waals surface area contributed by atoms with E-state index in [0.29, 0.717) is 33.6 Å². The molecule has 0 spiro atoms. The van der Waals surface area contributed by atoms with E-state index >= 15 is 0 Å². The number of fused-ring (bicyclic) bond motifs is 1. The number of rotatable bonds is 7. The fraction of sp³-hybridized carbons (Fsp3) is 0.150. The van der Waals surface area contributed by atoms with Crippen LogP contribution in [-0.2, 0) is 9.59 Å². The SMILES string of the molecule is COc1ccccc1-c1coc2cc(OCC(=O)NCC(=O)O)ccc2c1=O. The molecule has 1 heterocycles. The highest BCUT2D eigenvalue weighted by Crippen LogP contribution is 2.29. The van der Waals surface area contributed by atoms with Gasteiger partial charge in [0.15, 0.2) is 6.61 Å². The van der Waals surface area contributed by atoms with E-state index in [0.717, 1.165) is 0 Å². The molecule has 2 aromatic carbocycles. The normalized spacial score (nSPS) is 10.5. The van der Waals surface area contributed by atoms with Gasteiger partial charge in [-0.2, -0.15) is 0 Å². The van der Waals surface area contributed by atoms with Crippen LogP contribution < -0.4 is 20.2 Å². The van der Waals surface area contributed by atoms with Gasteiger partial charge >= 0.3 is 5.97 Å². The van der Waals surface area contributed by atoms with Gasteiger partial charge in [-0.05, 0) is 18.2 Å². The summed E-state index contributed by atoms with van der Waals surface area (Å²) in [6.07, 6.45) is 1.35. The molecule has 2 N–H and O–H groups in total. The van der Waals surface area contributed by atoms with Gasteiger partial charge in [0, 0.05) is 11.6 Å². The van der Waals surface area contributed by atoms with Gasteiger partial charge in [-0.3, -0.25) is 14.4 Å². The highest BCUT2D eigenvalue weighted by molar-refractivity contribution is 5.84. The number of hydrogen-bond donors (Lipinski definition) is 2. The van der Waals surface area contributed by atoms with Crippen molar-refractivity contribution in [2.45, 2.75) is 0 Å². The molecule has 3 rings (SSSR count). The molecule has 8 heteroatoms. The number of nitrogens with one attached hydrogen (secondary N) is 1. The second-order valence-electron chi connectivity index (χ2n) is 5.80. The van der Waals surface area contributed by atoms with Crippen LogP contribution in [0.1, 0.15) is 0 Å². The number of aliphatic carboxylic acids is 1. The Morgan fingerprint density at radius 2 is 1.93 bits per heavy atom. The Hall–Kier alpha value is -3.81. The molecule has 0 aliphatic carbocycles. The topological polar surface area (TPSA) is 115 Å². The largest absolute Gasteiger partial charge is 0.496 e. The van der Waals surface area contributed by atoms with Crippen LogP contribution in [0.5, 0.6) is 11.5 Å². The predicted molar refractivity (Wildman–Crippen MR) is 101 cm³/mol. The molecule has 1 aromatic heterocycles. The lowest BCUT2D eigenvalue weighted by atomic mass is 10.0. The highest BCUT2D eigenvalue weighted by atomic mass is 16.5. The van der Waals surface area contributed by atoms with Crippen molar-refractivity contribution in [1.29, 1.82) is 0 Å². The number of carboxylic acids is 1. The van der Waals surface area contributed by atoms with E-state index in [4.69, 9.17) is 19.0 Å². The summed E-state index contributed by atoms with van der Waals surface area (Å²) < 4.78 is 16.2. The summed E-state index contributed by atoms with van der Waals surface area (Å²) in [6.45, 7) is -0.844. The summed E-state index contributed by atoms with van der Waals surface area (Å²) in [6, 6.07) is 11.7. The van der Waals surface area contributed by atoms with Crippen molar-refractivity contribution in [2.24, 2.45) is 0 Å². The average molecular weight is 383 g/mol. The van der Waals surface area contributed by atoms with Crippen molar-refractivity contribution in [2.75, 3.05) is 20.3 Å². The molecule has 1 amide bonds. The van der Waals surface area contributed by atoms with E-state index in [2.05, 4.69) is 5.32 Å². The third kappa shape index (κ3) is 4.12. The van der Waals surface area contributed by atoms with E-state index in [1.807, 2.05) is 0 Å². The van der Waals surface area contributed by atoms with E-state index in [1.54, 1.807) is 30.3 Å². The Morgan fingerprint density at radius 3 is 2.68 bits per heavy atom. The molecule has 0 unspecified atom stereocenters. The highest BCUT2D eigenvalue weighted by Gasteiger charge is 2.14. The van der Waals surface area contributed by atoms with Crippen LogP contribution in [0.3, 0.4) is 0 Å². The zero-order valence-corrected chi connectivity index (χ0v) is 14.9. The minimum absolute atomic E-state index is 0.225. The number of para-hydroxylation sites is 1. The first-order chi connectivity index (χ1) is 13.5. The lowest BCUT2D eigenvalue weighted by molar-refractivity contribution is -0.138. The maximum atomic E-state index is 12.8. The summed E-state index contributed by atoms with van der Waals surface area (Å²) in [4.78, 5) is 34.8. The Morgan fingerprint density at radius 1 is 1.14 bits per heavy atom. The number of benzene rings is 2. The molecule has 28 heavy (non-hydrogen) atoms. The summed E-state index contributed by atoms with van der Waals surface area (Å²) in [5, 5.41) is 11.1. The molecule has 0 bridgehead atoms. The zero-order valence-electron chi connectivity index (χ0n) is 14.9.